The Morgan fingerprint density at radius 3 is 2.50 bits per heavy atom. The summed E-state index contributed by atoms with van der Waals surface area (Å²) < 4.78 is 4.78. The first-order chi connectivity index (χ1) is 7.74. The summed E-state index contributed by atoms with van der Waals surface area (Å²) in [4.78, 5) is 11.0. The van der Waals surface area contributed by atoms with Gasteiger partial charge >= 0.3 is 5.97 Å². The second-order valence-corrected chi connectivity index (χ2v) is 2.94. The summed E-state index contributed by atoms with van der Waals surface area (Å²) in [7, 11) is 0. The van der Waals surface area contributed by atoms with Crippen LogP contribution in [0.2, 0.25) is 0 Å². The van der Waals surface area contributed by atoms with Crippen molar-refractivity contribution in [3.8, 4) is 0 Å². The van der Waals surface area contributed by atoms with Crippen molar-refractivity contribution in [2.45, 2.75) is 27.7 Å². The van der Waals surface area contributed by atoms with Crippen molar-refractivity contribution in [2.75, 3.05) is 6.61 Å². The Kier molecular flexibility index (Phi) is 7.86. The van der Waals surface area contributed by atoms with Crippen molar-refractivity contribution in [3.05, 3.63) is 41.5 Å². The Bertz CT molecular complexity index is 340. The maximum absolute atomic E-state index is 11.0. The first-order valence-electron chi connectivity index (χ1n) is 5.64. The number of rotatable bonds is 3. The molecule has 0 amide bonds. The SMILES string of the molecule is CC.CCOC(=O)/C=C/c1ccccc1C. The van der Waals surface area contributed by atoms with Gasteiger partial charge in [0, 0.05) is 6.08 Å². The van der Waals surface area contributed by atoms with Crippen LogP contribution in [0.5, 0.6) is 0 Å². The number of carbonyl (C=O) groups is 1. The van der Waals surface area contributed by atoms with Crippen LogP contribution in [0.4, 0.5) is 0 Å². The van der Waals surface area contributed by atoms with Crippen LogP contribution < -0.4 is 0 Å². The summed E-state index contributed by atoms with van der Waals surface area (Å²) in [6.07, 6.45) is 3.22. The standard InChI is InChI=1S/C12H14O2.C2H6/c1-3-14-12(13)9-8-11-7-5-4-6-10(11)2;1-2/h4-9H,3H2,1-2H3;1-2H3/b9-8+;. The van der Waals surface area contributed by atoms with Crippen molar-refractivity contribution < 1.29 is 9.53 Å². The van der Waals surface area contributed by atoms with E-state index in [-0.39, 0.29) is 5.97 Å². The van der Waals surface area contributed by atoms with Gasteiger partial charge in [0.1, 0.15) is 0 Å². The smallest absolute Gasteiger partial charge is 0.330 e. The number of ether oxygens (including phenoxy) is 1. The third-order valence-corrected chi connectivity index (χ3v) is 1.87. The zero-order valence-corrected chi connectivity index (χ0v) is 10.5. The maximum Gasteiger partial charge on any atom is 0.330 e. The van der Waals surface area contributed by atoms with E-state index in [2.05, 4.69) is 0 Å². The lowest BCUT2D eigenvalue weighted by atomic mass is 10.1. The van der Waals surface area contributed by atoms with Crippen LogP contribution in [0.3, 0.4) is 0 Å². The van der Waals surface area contributed by atoms with Crippen molar-refractivity contribution in [3.63, 3.8) is 0 Å². The molecule has 0 fully saturated rings. The van der Waals surface area contributed by atoms with Gasteiger partial charge in [-0.05, 0) is 31.1 Å². The van der Waals surface area contributed by atoms with Gasteiger partial charge in [0.2, 0.25) is 0 Å². The minimum Gasteiger partial charge on any atom is -0.463 e. The molecule has 0 radical (unpaired) electrons. The molecule has 0 aliphatic carbocycles. The molecule has 0 heterocycles. The Labute approximate surface area is 97.9 Å². The van der Waals surface area contributed by atoms with Gasteiger partial charge in [-0.3, -0.25) is 0 Å². The van der Waals surface area contributed by atoms with Crippen molar-refractivity contribution in [1.29, 1.82) is 0 Å². The minimum absolute atomic E-state index is 0.296. The summed E-state index contributed by atoms with van der Waals surface area (Å²) in [5.41, 5.74) is 2.19. The van der Waals surface area contributed by atoms with Crippen molar-refractivity contribution in [1.82, 2.24) is 0 Å². The average Bonchev–Trinajstić information content (AvgIpc) is 2.31. The molecule has 0 saturated heterocycles. The second kappa shape index (κ2) is 8.72. The highest BCUT2D eigenvalue weighted by atomic mass is 16.5. The topological polar surface area (TPSA) is 26.3 Å². The van der Waals surface area contributed by atoms with E-state index in [4.69, 9.17) is 4.74 Å². The summed E-state index contributed by atoms with van der Waals surface area (Å²) >= 11 is 0. The molecule has 0 aliphatic heterocycles. The Morgan fingerprint density at radius 1 is 1.31 bits per heavy atom. The van der Waals surface area contributed by atoms with Gasteiger partial charge < -0.3 is 4.74 Å². The first-order valence-corrected chi connectivity index (χ1v) is 5.64. The molecule has 1 aromatic carbocycles. The van der Waals surface area contributed by atoms with Gasteiger partial charge in [0.15, 0.2) is 0 Å². The van der Waals surface area contributed by atoms with Gasteiger partial charge in [-0.25, -0.2) is 4.79 Å². The molecule has 1 aromatic rings. The molecule has 1 rings (SSSR count). The zero-order valence-electron chi connectivity index (χ0n) is 10.5. The monoisotopic (exact) mass is 220 g/mol. The van der Waals surface area contributed by atoms with E-state index >= 15 is 0 Å². The van der Waals surface area contributed by atoms with Gasteiger partial charge in [-0.15, -0.1) is 0 Å². The van der Waals surface area contributed by atoms with Crippen LogP contribution in [0.25, 0.3) is 6.08 Å². The van der Waals surface area contributed by atoms with Crippen LogP contribution in [-0.4, -0.2) is 12.6 Å². The van der Waals surface area contributed by atoms with E-state index < -0.39 is 0 Å². The van der Waals surface area contributed by atoms with E-state index in [1.54, 1.807) is 13.0 Å². The maximum atomic E-state index is 11.0. The van der Waals surface area contributed by atoms with Crippen LogP contribution in [0.1, 0.15) is 31.9 Å². The fourth-order valence-corrected chi connectivity index (χ4v) is 1.12. The van der Waals surface area contributed by atoms with Gasteiger partial charge in [0.25, 0.3) is 0 Å². The molecule has 0 unspecified atom stereocenters. The van der Waals surface area contributed by atoms with Gasteiger partial charge in [0.05, 0.1) is 6.61 Å². The summed E-state index contributed by atoms with van der Waals surface area (Å²) in [5, 5.41) is 0. The molecular weight excluding hydrogens is 200 g/mol. The van der Waals surface area contributed by atoms with E-state index in [9.17, 15) is 4.79 Å². The number of carbonyl (C=O) groups excluding carboxylic acids is 1. The predicted octanol–water partition coefficient (Wildman–Crippen LogP) is 3.60. The van der Waals surface area contributed by atoms with E-state index in [1.807, 2.05) is 45.0 Å². The summed E-state index contributed by atoms with van der Waals surface area (Å²) in [6, 6.07) is 7.88. The van der Waals surface area contributed by atoms with Gasteiger partial charge in [-0.2, -0.15) is 0 Å². The Balaban J connectivity index is 0.00000106. The molecule has 0 aromatic heterocycles. The minimum atomic E-state index is -0.296. The predicted molar refractivity (Wildman–Crippen MR) is 68.2 cm³/mol. The highest BCUT2D eigenvalue weighted by Crippen LogP contribution is 2.08. The molecule has 88 valence electrons. The molecule has 0 saturated carbocycles. The quantitative estimate of drug-likeness (QED) is 0.574. The lowest BCUT2D eigenvalue weighted by Gasteiger charge is -1.98. The van der Waals surface area contributed by atoms with E-state index in [1.165, 1.54) is 6.08 Å². The molecule has 0 aliphatic rings. The Hall–Kier alpha value is -1.57. The largest absolute Gasteiger partial charge is 0.463 e. The lowest BCUT2D eigenvalue weighted by Crippen LogP contribution is -1.98. The summed E-state index contributed by atoms with van der Waals surface area (Å²) in [5.74, 6) is -0.296. The van der Waals surface area contributed by atoms with Crippen molar-refractivity contribution >= 4 is 12.0 Å². The molecule has 0 N–H and O–H groups in total. The van der Waals surface area contributed by atoms with Crippen molar-refractivity contribution in [2.24, 2.45) is 0 Å². The fourth-order valence-electron chi connectivity index (χ4n) is 1.12. The number of aryl methyl sites for hydroxylation is 1. The van der Waals surface area contributed by atoms with Crippen LogP contribution in [-0.2, 0) is 9.53 Å². The van der Waals surface area contributed by atoms with Crippen LogP contribution in [0, 0.1) is 6.92 Å². The molecule has 2 heteroatoms. The zero-order chi connectivity index (χ0) is 12.4. The molecule has 16 heavy (non-hydrogen) atoms. The molecule has 0 spiro atoms. The highest BCUT2D eigenvalue weighted by Gasteiger charge is 1.95. The fraction of sp³-hybridized carbons (Fsp3) is 0.357. The van der Waals surface area contributed by atoms with Gasteiger partial charge in [-0.1, -0.05) is 38.1 Å². The lowest BCUT2D eigenvalue weighted by molar-refractivity contribution is -0.137. The number of hydrogen-bond donors (Lipinski definition) is 0. The van der Waals surface area contributed by atoms with Crippen LogP contribution in [0.15, 0.2) is 30.3 Å². The second-order valence-electron chi connectivity index (χ2n) is 2.94. The van der Waals surface area contributed by atoms with E-state index in [0.717, 1.165) is 11.1 Å². The normalized spacial score (nSPS) is 9.50. The first kappa shape index (κ1) is 14.4. The third-order valence-electron chi connectivity index (χ3n) is 1.87. The molecule has 0 atom stereocenters. The number of benzene rings is 1. The average molecular weight is 220 g/mol. The summed E-state index contributed by atoms with van der Waals surface area (Å²) in [6.45, 7) is 8.21. The third kappa shape index (κ3) is 5.35. The van der Waals surface area contributed by atoms with E-state index in [0.29, 0.717) is 6.61 Å². The Morgan fingerprint density at radius 2 is 1.94 bits per heavy atom. The number of esters is 1. The molecular formula is C14H20O2. The number of hydrogen-bond acceptors (Lipinski definition) is 2. The highest BCUT2D eigenvalue weighted by molar-refractivity contribution is 5.87. The molecule has 2 nitrogen and oxygen atoms in total. The van der Waals surface area contributed by atoms with Crippen LogP contribution >= 0.6 is 0 Å². The molecule has 0 bridgehead atoms.